The molecule has 0 unspecified atom stereocenters. The van der Waals surface area contributed by atoms with Crippen molar-refractivity contribution in [2.24, 2.45) is 0 Å². The van der Waals surface area contributed by atoms with Crippen LogP contribution in [0.1, 0.15) is 16.7 Å². The van der Waals surface area contributed by atoms with Gasteiger partial charge in [0.15, 0.2) is 11.7 Å². The third-order valence-corrected chi connectivity index (χ3v) is 5.61. The fourth-order valence-electron chi connectivity index (χ4n) is 3.01. The predicted octanol–water partition coefficient (Wildman–Crippen LogP) is 4.92. The van der Waals surface area contributed by atoms with Gasteiger partial charge in [-0.3, -0.25) is 14.7 Å². The molecule has 29 heavy (non-hydrogen) atoms. The lowest BCUT2D eigenvalue weighted by molar-refractivity contribution is -0.120. The van der Waals surface area contributed by atoms with E-state index < -0.39 is 0 Å². The molecule has 4 aromatic rings. The molecule has 0 aliphatic carbocycles. The summed E-state index contributed by atoms with van der Waals surface area (Å²) in [5.74, 6) is 0.565. The second kappa shape index (κ2) is 8.41. The van der Waals surface area contributed by atoms with E-state index in [2.05, 4.69) is 11.1 Å². The Balaban J connectivity index is 1.61. The zero-order valence-electron chi connectivity index (χ0n) is 16.3. The number of aryl methyl sites for hydroxylation is 2. The molecule has 0 fully saturated rings. The highest BCUT2D eigenvalue weighted by Gasteiger charge is 2.21. The summed E-state index contributed by atoms with van der Waals surface area (Å²) in [6.07, 6.45) is 3.48. The van der Waals surface area contributed by atoms with E-state index in [-0.39, 0.29) is 12.5 Å². The summed E-state index contributed by atoms with van der Waals surface area (Å²) in [4.78, 5) is 23.7. The number of benzene rings is 2. The van der Waals surface area contributed by atoms with Crippen LogP contribution in [0.5, 0.6) is 5.75 Å². The molecule has 0 aliphatic heterocycles. The molecule has 1 amide bonds. The van der Waals surface area contributed by atoms with Crippen LogP contribution in [-0.2, 0) is 11.3 Å². The number of rotatable bonds is 6. The van der Waals surface area contributed by atoms with Gasteiger partial charge in [0.25, 0.3) is 5.91 Å². The predicted molar refractivity (Wildman–Crippen MR) is 116 cm³/mol. The molecule has 6 heteroatoms. The molecule has 0 saturated heterocycles. The minimum Gasteiger partial charge on any atom is -0.483 e. The molecule has 2 aromatic heterocycles. The van der Waals surface area contributed by atoms with Gasteiger partial charge in [-0.1, -0.05) is 41.7 Å². The monoisotopic (exact) mass is 403 g/mol. The number of nitrogens with zero attached hydrogens (tertiary/aromatic N) is 3. The highest BCUT2D eigenvalue weighted by Crippen LogP contribution is 2.30. The van der Waals surface area contributed by atoms with Crippen LogP contribution in [0.15, 0.2) is 67.0 Å². The maximum atomic E-state index is 13.1. The van der Waals surface area contributed by atoms with Crippen molar-refractivity contribution in [1.29, 1.82) is 0 Å². The van der Waals surface area contributed by atoms with Gasteiger partial charge < -0.3 is 4.74 Å². The minimum absolute atomic E-state index is 0.0555. The van der Waals surface area contributed by atoms with Crippen molar-refractivity contribution in [2.45, 2.75) is 20.4 Å². The van der Waals surface area contributed by atoms with Crippen LogP contribution in [0.2, 0.25) is 0 Å². The molecule has 0 bridgehead atoms. The summed E-state index contributed by atoms with van der Waals surface area (Å²) < 4.78 is 6.86. The SMILES string of the molecule is Cc1ccc2nc(N(Cc3cccnc3)C(=O)COc3ccccc3C)sc2c1. The minimum atomic E-state index is -0.145. The normalized spacial score (nSPS) is 10.8. The summed E-state index contributed by atoms with van der Waals surface area (Å²) in [6, 6.07) is 17.6. The van der Waals surface area contributed by atoms with E-state index >= 15 is 0 Å². The number of carbonyl (C=O) groups is 1. The van der Waals surface area contributed by atoms with Crippen LogP contribution in [0.25, 0.3) is 10.2 Å². The molecular formula is C23H21N3O2S. The van der Waals surface area contributed by atoms with Gasteiger partial charge >= 0.3 is 0 Å². The summed E-state index contributed by atoms with van der Waals surface area (Å²) in [5, 5.41) is 0.660. The molecule has 0 atom stereocenters. The first-order chi connectivity index (χ1) is 14.1. The van der Waals surface area contributed by atoms with E-state index in [1.807, 2.05) is 62.4 Å². The van der Waals surface area contributed by atoms with Gasteiger partial charge in [0.05, 0.1) is 16.8 Å². The summed E-state index contributed by atoms with van der Waals surface area (Å²) in [7, 11) is 0. The van der Waals surface area contributed by atoms with E-state index in [1.165, 1.54) is 16.9 Å². The van der Waals surface area contributed by atoms with Gasteiger partial charge in [-0.15, -0.1) is 0 Å². The third kappa shape index (κ3) is 4.43. The Labute approximate surface area is 173 Å². The van der Waals surface area contributed by atoms with E-state index in [0.717, 1.165) is 21.3 Å². The summed E-state index contributed by atoms with van der Waals surface area (Å²) >= 11 is 1.51. The van der Waals surface area contributed by atoms with Crippen molar-refractivity contribution in [1.82, 2.24) is 9.97 Å². The van der Waals surface area contributed by atoms with Gasteiger partial charge in [-0.05, 0) is 54.8 Å². The zero-order valence-corrected chi connectivity index (χ0v) is 17.1. The lowest BCUT2D eigenvalue weighted by Gasteiger charge is -2.20. The quantitative estimate of drug-likeness (QED) is 0.458. The Morgan fingerprint density at radius 2 is 1.97 bits per heavy atom. The molecule has 0 N–H and O–H groups in total. The highest BCUT2D eigenvalue weighted by molar-refractivity contribution is 7.22. The number of aromatic nitrogens is 2. The number of amides is 1. The molecule has 2 heterocycles. The molecular weight excluding hydrogens is 382 g/mol. The van der Waals surface area contributed by atoms with E-state index in [0.29, 0.717) is 17.4 Å². The van der Waals surface area contributed by atoms with Crippen LogP contribution in [0, 0.1) is 13.8 Å². The Kier molecular flexibility index (Phi) is 5.53. The van der Waals surface area contributed by atoms with Crippen LogP contribution < -0.4 is 9.64 Å². The second-order valence-electron chi connectivity index (χ2n) is 6.86. The number of pyridine rings is 1. The first-order valence-corrected chi connectivity index (χ1v) is 10.2. The fourth-order valence-corrected chi connectivity index (χ4v) is 4.09. The van der Waals surface area contributed by atoms with Crippen molar-refractivity contribution in [2.75, 3.05) is 11.5 Å². The topological polar surface area (TPSA) is 55.3 Å². The maximum Gasteiger partial charge on any atom is 0.267 e. The number of carbonyl (C=O) groups excluding carboxylic acids is 1. The Bertz CT molecular complexity index is 1140. The number of ether oxygens (including phenoxy) is 1. The van der Waals surface area contributed by atoms with Gasteiger partial charge in [0.1, 0.15) is 5.75 Å². The first kappa shape index (κ1) is 19.1. The van der Waals surface area contributed by atoms with Crippen LogP contribution in [-0.4, -0.2) is 22.5 Å². The van der Waals surface area contributed by atoms with Crippen molar-refractivity contribution in [3.63, 3.8) is 0 Å². The van der Waals surface area contributed by atoms with E-state index in [1.54, 1.807) is 17.3 Å². The van der Waals surface area contributed by atoms with Crippen LogP contribution in [0.3, 0.4) is 0 Å². The molecule has 0 saturated carbocycles. The zero-order chi connectivity index (χ0) is 20.2. The average Bonchev–Trinajstić information content (AvgIpc) is 3.14. The Hall–Kier alpha value is -3.25. The van der Waals surface area contributed by atoms with Crippen LogP contribution in [0.4, 0.5) is 5.13 Å². The summed E-state index contributed by atoms with van der Waals surface area (Å²) in [6.45, 7) is 4.35. The molecule has 0 radical (unpaired) electrons. The number of hydrogen-bond acceptors (Lipinski definition) is 5. The van der Waals surface area contributed by atoms with Crippen molar-refractivity contribution in [3.8, 4) is 5.75 Å². The number of thiazole rings is 1. The van der Waals surface area contributed by atoms with Crippen molar-refractivity contribution >= 4 is 32.6 Å². The number of anilines is 1. The smallest absolute Gasteiger partial charge is 0.267 e. The van der Waals surface area contributed by atoms with Crippen molar-refractivity contribution < 1.29 is 9.53 Å². The fraction of sp³-hybridized carbons (Fsp3) is 0.174. The second-order valence-corrected chi connectivity index (χ2v) is 7.87. The van der Waals surface area contributed by atoms with E-state index in [9.17, 15) is 4.79 Å². The average molecular weight is 404 g/mol. The van der Waals surface area contributed by atoms with Gasteiger partial charge in [0, 0.05) is 12.4 Å². The molecule has 0 aliphatic rings. The first-order valence-electron chi connectivity index (χ1n) is 9.35. The molecule has 0 spiro atoms. The lowest BCUT2D eigenvalue weighted by Crippen LogP contribution is -2.34. The molecule has 2 aromatic carbocycles. The maximum absolute atomic E-state index is 13.1. The standard InChI is InChI=1S/C23H21N3O2S/c1-16-9-10-19-21(12-16)29-23(25-19)26(14-18-7-5-11-24-13-18)22(27)15-28-20-8-4-3-6-17(20)2/h3-13H,14-15H2,1-2H3. The highest BCUT2D eigenvalue weighted by atomic mass is 32.1. The molecule has 146 valence electrons. The van der Waals surface area contributed by atoms with Gasteiger partial charge in [-0.2, -0.15) is 0 Å². The van der Waals surface area contributed by atoms with Crippen LogP contribution >= 0.6 is 11.3 Å². The third-order valence-electron chi connectivity index (χ3n) is 4.57. The lowest BCUT2D eigenvalue weighted by atomic mass is 10.2. The molecule has 5 nitrogen and oxygen atoms in total. The number of hydrogen-bond donors (Lipinski definition) is 0. The van der Waals surface area contributed by atoms with Crippen molar-refractivity contribution in [3.05, 3.63) is 83.7 Å². The largest absolute Gasteiger partial charge is 0.483 e. The molecule has 4 rings (SSSR count). The number of para-hydroxylation sites is 1. The van der Waals surface area contributed by atoms with Gasteiger partial charge in [-0.25, -0.2) is 4.98 Å². The number of fused-ring (bicyclic) bond motifs is 1. The summed E-state index contributed by atoms with van der Waals surface area (Å²) in [5.41, 5.74) is 3.99. The Morgan fingerprint density at radius 1 is 1.10 bits per heavy atom. The Morgan fingerprint density at radius 3 is 2.76 bits per heavy atom. The van der Waals surface area contributed by atoms with Gasteiger partial charge in [0.2, 0.25) is 0 Å². The van der Waals surface area contributed by atoms with E-state index in [4.69, 9.17) is 9.72 Å².